The average molecular weight is 132 g/mol. The molecule has 2 heteroatoms. The number of ether oxygens (including phenoxy) is 1. The highest BCUT2D eigenvalue weighted by Gasteiger charge is 2.07. The Balaban J connectivity index is 3.11. The van der Waals surface area contributed by atoms with Gasteiger partial charge in [0.15, 0.2) is 0 Å². The molecule has 0 aromatic rings. The Labute approximate surface area is 54.8 Å². The normalized spacial score (nSPS) is 12.4. The van der Waals surface area contributed by atoms with Crippen LogP contribution in [0.1, 0.15) is 20.8 Å². The fourth-order valence-electron chi connectivity index (χ4n) is 0.408. The summed E-state index contributed by atoms with van der Waals surface area (Å²) >= 11 is 0. The van der Waals surface area contributed by atoms with Gasteiger partial charge in [-0.3, -0.25) is 0 Å². The molecule has 0 rings (SSSR count). The first kappa shape index (κ1) is 8.18. The highest BCUT2D eigenvalue weighted by molar-refractivity contribution is 6.08. The summed E-state index contributed by atoms with van der Waals surface area (Å²) in [5.41, 5.74) is 0.0738. The Morgan fingerprint density at radius 3 is 2.00 bits per heavy atom. The van der Waals surface area contributed by atoms with Crippen molar-refractivity contribution in [1.29, 1.82) is 0 Å². The summed E-state index contributed by atoms with van der Waals surface area (Å²) in [6, 6.07) is 1.25. The third-order valence-electron chi connectivity index (χ3n) is 0.739. The maximum Gasteiger partial charge on any atom is 0.0598 e. The molecule has 0 bridgehead atoms. The Bertz CT molecular complexity index is 56.0. The van der Waals surface area contributed by atoms with E-state index < -0.39 is 0 Å². The van der Waals surface area contributed by atoms with E-state index in [4.69, 9.17) is 4.74 Å². The predicted molar refractivity (Wildman–Crippen MR) is 40.5 cm³/mol. The SMILES string of the molecule is CC(C)(C)OCC[SiH3]. The molecule has 0 N–H and O–H groups in total. The van der Waals surface area contributed by atoms with E-state index in [1.54, 1.807) is 0 Å². The van der Waals surface area contributed by atoms with Crippen LogP contribution in [0.3, 0.4) is 0 Å². The topological polar surface area (TPSA) is 9.23 Å². The average Bonchev–Trinajstić information content (AvgIpc) is 1.59. The van der Waals surface area contributed by atoms with Crippen LogP contribution in [0.25, 0.3) is 0 Å². The second-order valence-corrected chi connectivity index (χ2v) is 3.96. The van der Waals surface area contributed by atoms with E-state index in [1.165, 1.54) is 16.3 Å². The van der Waals surface area contributed by atoms with Gasteiger partial charge in [-0.25, -0.2) is 0 Å². The molecular weight excluding hydrogens is 116 g/mol. The summed E-state index contributed by atoms with van der Waals surface area (Å²) in [6.45, 7) is 7.20. The van der Waals surface area contributed by atoms with Gasteiger partial charge in [-0.15, -0.1) is 0 Å². The summed E-state index contributed by atoms with van der Waals surface area (Å²) in [4.78, 5) is 0. The number of rotatable bonds is 2. The third kappa shape index (κ3) is 6.18. The zero-order valence-corrected chi connectivity index (χ0v) is 8.32. The van der Waals surface area contributed by atoms with E-state index in [0.717, 1.165) is 6.61 Å². The van der Waals surface area contributed by atoms with Crippen LogP contribution in [0, 0.1) is 0 Å². The molecule has 8 heavy (non-hydrogen) atoms. The van der Waals surface area contributed by atoms with E-state index in [-0.39, 0.29) is 5.60 Å². The molecule has 0 saturated carbocycles. The van der Waals surface area contributed by atoms with E-state index in [9.17, 15) is 0 Å². The lowest BCUT2D eigenvalue weighted by Crippen LogP contribution is -2.19. The zero-order valence-electron chi connectivity index (χ0n) is 6.32. The summed E-state index contributed by atoms with van der Waals surface area (Å²) in [6.07, 6.45) is 0. The Morgan fingerprint density at radius 2 is 1.88 bits per heavy atom. The van der Waals surface area contributed by atoms with Crippen molar-refractivity contribution >= 4 is 10.2 Å². The summed E-state index contributed by atoms with van der Waals surface area (Å²) in [5, 5.41) is 0. The van der Waals surface area contributed by atoms with Crippen LogP contribution in [0.4, 0.5) is 0 Å². The van der Waals surface area contributed by atoms with Crippen molar-refractivity contribution in [3.8, 4) is 0 Å². The van der Waals surface area contributed by atoms with Gasteiger partial charge >= 0.3 is 0 Å². The van der Waals surface area contributed by atoms with Gasteiger partial charge in [0.05, 0.1) is 5.60 Å². The minimum absolute atomic E-state index is 0.0738. The van der Waals surface area contributed by atoms with E-state index >= 15 is 0 Å². The molecule has 0 aromatic carbocycles. The number of hydrogen-bond donors (Lipinski definition) is 0. The van der Waals surface area contributed by atoms with Gasteiger partial charge in [0, 0.05) is 16.8 Å². The Kier molecular flexibility index (Phi) is 3.32. The first-order valence-corrected chi connectivity index (χ1v) is 4.61. The molecular formula is C6H16OSi. The van der Waals surface area contributed by atoms with Crippen molar-refractivity contribution in [3.63, 3.8) is 0 Å². The van der Waals surface area contributed by atoms with Crippen molar-refractivity contribution in [2.45, 2.75) is 32.4 Å². The van der Waals surface area contributed by atoms with E-state index in [0.29, 0.717) is 0 Å². The maximum atomic E-state index is 5.41. The van der Waals surface area contributed by atoms with E-state index in [2.05, 4.69) is 20.8 Å². The minimum atomic E-state index is 0.0738. The molecule has 0 atom stereocenters. The first-order chi connectivity index (χ1) is 3.56. The molecule has 0 saturated heterocycles. The van der Waals surface area contributed by atoms with Gasteiger partial charge < -0.3 is 4.74 Å². The molecule has 0 unspecified atom stereocenters. The van der Waals surface area contributed by atoms with Crippen LogP contribution in [0.15, 0.2) is 0 Å². The molecule has 0 amide bonds. The zero-order chi connectivity index (χ0) is 6.62. The van der Waals surface area contributed by atoms with Gasteiger partial charge in [0.25, 0.3) is 0 Å². The van der Waals surface area contributed by atoms with Crippen LogP contribution >= 0.6 is 0 Å². The second-order valence-electron chi connectivity index (χ2n) is 2.96. The number of hydrogen-bond acceptors (Lipinski definition) is 1. The van der Waals surface area contributed by atoms with Gasteiger partial charge in [-0.1, -0.05) is 0 Å². The van der Waals surface area contributed by atoms with Crippen LogP contribution in [-0.4, -0.2) is 22.5 Å². The van der Waals surface area contributed by atoms with Crippen LogP contribution in [0.5, 0.6) is 0 Å². The van der Waals surface area contributed by atoms with Gasteiger partial charge in [-0.2, -0.15) is 0 Å². The standard InChI is InChI=1S/C6H16OSi/c1-6(2,3)7-4-5-8/h4-5H2,1-3,8H3. The predicted octanol–water partition coefficient (Wildman–Crippen LogP) is 0.585. The maximum absolute atomic E-state index is 5.41. The van der Waals surface area contributed by atoms with Crippen LogP contribution in [-0.2, 0) is 4.74 Å². The lowest BCUT2D eigenvalue weighted by Gasteiger charge is -2.18. The quantitative estimate of drug-likeness (QED) is 0.500. The van der Waals surface area contributed by atoms with Crippen LogP contribution in [0.2, 0.25) is 6.04 Å². The summed E-state index contributed by atoms with van der Waals surface area (Å²) in [7, 11) is 1.26. The van der Waals surface area contributed by atoms with Crippen molar-refractivity contribution in [2.75, 3.05) is 6.61 Å². The molecule has 0 radical (unpaired) electrons. The molecule has 0 aliphatic rings. The third-order valence-corrected chi connectivity index (χ3v) is 1.15. The fraction of sp³-hybridized carbons (Fsp3) is 1.00. The summed E-state index contributed by atoms with van der Waals surface area (Å²) < 4.78 is 5.41. The first-order valence-electron chi connectivity index (χ1n) is 3.20. The molecule has 0 aromatic heterocycles. The van der Waals surface area contributed by atoms with Gasteiger partial charge in [0.1, 0.15) is 0 Å². The highest BCUT2D eigenvalue weighted by Crippen LogP contribution is 2.05. The Morgan fingerprint density at radius 1 is 1.38 bits per heavy atom. The van der Waals surface area contributed by atoms with Crippen molar-refractivity contribution in [1.82, 2.24) is 0 Å². The van der Waals surface area contributed by atoms with Crippen LogP contribution < -0.4 is 0 Å². The van der Waals surface area contributed by atoms with Crippen molar-refractivity contribution < 1.29 is 4.74 Å². The molecule has 0 aliphatic carbocycles. The summed E-state index contributed by atoms with van der Waals surface area (Å²) in [5.74, 6) is 0. The smallest absolute Gasteiger partial charge is 0.0598 e. The molecule has 0 spiro atoms. The van der Waals surface area contributed by atoms with Gasteiger partial charge in [-0.05, 0) is 26.8 Å². The highest BCUT2D eigenvalue weighted by atomic mass is 28.1. The largest absolute Gasteiger partial charge is 0.376 e. The lowest BCUT2D eigenvalue weighted by molar-refractivity contribution is 0.00554. The van der Waals surface area contributed by atoms with Crippen molar-refractivity contribution in [2.24, 2.45) is 0 Å². The molecule has 0 aliphatic heterocycles. The molecule has 1 nitrogen and oxygen atoms in total. The molecule has 0 heterocycles. The second kappa shape index (κ2) is 3.25. The van der Waals surface area contributed by atoms with E-state index in [1.807, 2.05) is 0 Å². The van der Waals surface area contributed by atoms with Gasteiger partial charge in [0.2, 0.25) is 0 Å². The molecule has 50 valence electrons. The van der Waals surface area contributed by atoms with Crippen molar-refractivity contribution in [3.05, 3.63) is 0 Å². The monoisotopic (exact) mass is 132 g/mol. The molecule has 0 fully saturated rings. The fourth-order valence-corrected chi connectivity index (χ4v) is 0.612. The Hall–Kier alpha value is 0.177. The lowest BCUT2D eigenvalue weighted by atomic mass is 10.2. The minimum Gasteiger partial charge on any atom is -0.376 e.